The number of amides is 1. The molecule has 2 rings (SSSR count). The molecule has 0 fully saturated rings. The maximum absolute atomic E-state index is 12.5. The second-order valence-electron chi connectivity index (χ2n) is 5.96. The molecule has 140 valence electrons. The number of carbonyl (C=O) groups is 2. The van der Waals surface area contributed by atoms with Gasteiger partial charge in [0.05, 0.1) is 11.9 Å². The Hall–Kier alpha value is -2.35. The van der Waals surface area contributed by atoms with E-state index in [9.17, 15) is 9.59 Å². The van der Waals surface area contributed by atoms with Crippen molar-refractivity contribution in [1.82, 2.24) is 14.8 Å². The number of anilines is 1. The van der Waals surface area contributed by atoms with Crippen molar-refractivity contribution in [3.63, 3.8) is 0 Å². The quantitative estimate of drug-likeness (QED) is 0.591. The molecule has 0 bridgehead atoms. The zero-order chi connectivity index (χ0) is 19.3. The normalized spacial score (nSPS) is 11.9. The van der Waals surface area contributed by atoms with Crippen molar-refractivity contribution < 1.29 is 14.3 Å². The number of thioether (sulfide) groups is 1. The minimum atomic E-state index is -0.368. The van der Waals surface area contributed by atoms with Gasteiger partial charge in [0.25, 0.3) is 0 Å². The standard InChI is InChI=1S/C18H24N4O3S/c1-6-25-15(23)10-14-20-21-18(22(14)5)26-13(4)17(24)19-16-11(2)8-7-9-12(16)3/h7-9,13H,6,10H2,1-5H3,(H,19,24)/t13-/m0/s1. The fraction of sp³-hybridized carbons (Fsp3) is 0.444. The van der Waals surface area contributed by atoms with Crippen LogP contribution in [0.1, 0.15) is 30.8 Å². The summed E-state index contributed by atoms with van der Waals surface area (Å²) in [5.74, 6) is 0.0519. The lowest BCUT2D eigenvalue weighted by molar-refractivity contribution is -0.142. The van der Waals surface area contributed by atoms with Gasteiger partial charge in [-0.1, -0.05) is 30.0 Å². The Labute approximate surface area is 157 Å². The van der Waals surface area contributed by atoms with Gasteiger partial charge < -0.3 is 14.6 Å². The molecular weight excluding hydrogens is 352 g/mol. The van der Waals surface area contributed by atoms with Gasteiger partial charge in [-0.3, -0.25) is 9.59 Å². The van der Waals surface area contributed by atoms with Gasteiger partial charge in [-0.05, 0) is 38.8 Å². The number of benzene rings is 1. The Morgan fingerprint density at radius 3 is 2.54 bits per heavy atom. The minimum absolute atomic E-state index is 0.0564. The average Bonchev–Trinajstić information content (AvgIpc) is 2.91. The Kier molecular flexibility index (Phi) is 6.79. The maximum Gasteiger partial charge on any atom is 0.313 e. The molecule has 1 amide bonds. The molecule has 1 aromatic heterocycles. The van der Waals surface area contributed by atoms with Crippen molar-refractivity contribution in [2.45, 2.75) is 44.5 Å². The Morgan fingerprint density at radius 2 is 1.92 bits per heavy atom. The molecule has 2 aromatic rings. The number of carbonyl (C=O) groups excluding carboxylic acids is 2. The van der Waals surface area contributed by atoms with E-state index >= 15 is 0 Å². The van der Waals surface area contributed by atoms with Crippen molar-refractivity contribution in [2.24, 2.45) is 7.05 Å². The van der Waals surface area contributed by atoms with Crippen molar-refractivity contribution in [1.29, 1.82) is 0 Å². The number of hydrogen-bond acceptors (Lipinski definition) is 6. The summed E-state index contributed by atoms with van der Waals surface area (Å²) in [6.07, 6.45) is 0.0564. The first-order valence-corrected chi connectivity index (χ1v) is 9.29. The number of rotatable bonds is 7. The third-order valence-electron chi connectivity index (χ3n) is 3.91. The zero-order valence-corrected chi connectivity index (χ0v) is 16.5. The molecule has 1 heterocycles. The van der Waals surface area contributed by atoms with Crippen molar-refractivity contribution >= 4 is 29.3 Å². The van der Waals surface area contributed by atoms with Gasteiger partial charge in [-0.25, -0.2) is 0 Å². The summed E-state index contributed by atoms with van der Waals surface area (Å²) in [5.41, 5.74) is 2.88. The summed E-state index contributed by atoms with van der Waals surface area (Å²) >= 11 is 1.30. The fourth-order valence-corrected chi connectivity index (χ4v) is 3.22. The van der Waals surface area contributed by atoms with E-state index in [2.05, 4.69) is 15.5 Å². The van der Waals surface area contributed by atoms with E-state index in [0.29, 0.717) is 17.6 Å². The van der Waals surface area contributed by atoms with E-state index in [0.717, 1.165) is 16.8 Å². The van der Waals surface area contributed by atoms with Crippen molar-refractivity contribution in [2.75, 3.05) is 11.9 Å². The van der Waals surface area contributed by atoms with Crippen LogP contribution in [0.3, 0.4) is 0 Å². The molecule has 0 saturated carbocycles. The molecule has 1 atom stereocenters. The monoisotopic (exact) mass is 376 g/mol. The third-order valence-corrected chi connectivity index (χ3v) is 5.05. The van der Waals surface area contributed by atoms with E-state index < -0.39 is 0 Å². The molecule has 8 heteroatoms. The van der Waals surface area contributed by atoms with Crippen LogP contribution in [-0.4, -0.2) is 38.5 Å². The zero-order valence-electron chi connectivity index (χ0n) is 15.7. The van der Waals surface area contributed by atoms with E-state index in [-0.39, 0.29) is 23.5 Å². The van der Waals surface area contributed by atoms with E-state index in [1.165, 1.54) is 11.8 Å². The Bertz CT molecular complexity index is 783. The highest BCUT2D eigenvalue weighted by atomic mass is 32.2. The molecule has 0 saturated heterocycles. The number of nitrogens with zero attached hydrogens (tertiary/aromatic N) is 3. The predicted octanol–water partition coefficient (Wildman–Crippen LogP) is 2.66. The SMILES string of the molecule is CCOC(=O)Cc1nnc(S[C@@H](C)C(=O)Nc2c(C)cccc2C)n1C. The molecule has 0 aliphatic carbocycles. The van der Waals surface area contributed by atoms with Crippen LogP contribution >= 0.6 is 11.8 Å². The van der Waals surface area contributed by atoms with Crippen LogP contribution in [-0.2, 0) is 27.8 Å². The van der Waals surface area contributed by atoms with Gasteiger partial charge in [0, 0.05) is 12.7 Å². The molecule has 1 aromatic carbocycles. The van der Waals surface area contributed by atoms with Crippen LogP contribution in [0.2, 0.25) is 0 Å². The summed E-state index contributed by atoms with van der Waals surface area (Å²) in [6, 6.07) is 5.89. The average molecular weight is 376 g/mol. The van der Waals surface area contributed by atoms with E-state index in [1.54, 1.807) is 18.5 Å². The lowest BCUT2D eigenvalue weighted by atomic mass is 10.1. The largest absolute Gasteiger partial charge is 0.466 e. The summed E-state index contributed by atoms with van der Waals surface area (Å²) < 4.78 is 6.64. The smallest absolute Gasteiger partial charge is 0.313 e. The van der Waals surface area contributed by atoms with Gasteiger partial charge in [-0.15, -0.1) is 10.2 Å². The Balaban J connectivity index is 2.03. The maximum atomic E-state index is 12.5. The number of para-hydroxylation sites is 1. The first-order valence-electron chi connectivity index (χ1n) is 8.41. The lowest BCUT2D eigenvalue weighted by Gasteiger charge is -2.15. The molecule has 1 N–H and O–H groups in total. The third kappa shape index (κ3) is 4.85. The number of hydrogen-bond donors (Lipinski definition) is 1. The first-order chi connectivity index (χ1) is 12.3. The molecule has 7 nitrogen and oxygen atoms in total. The highest BCUT2D eigenvalue weighted by molar-refractivity contribution is 8.00. The van der Waals surface area contributed by atoms with Gasteiger partial charge in [0.2, 0.25) is 5.91 Å². The highest BCUT2D eigenvalue weighted by Gasteiger charge is 2.21. The molecule has 0 spiro atoms. The van der Waals surface area contributed by atoms with E-state index in [4.69, 9.17) is 4.74 Å². The summed E-state index contributed by atoms with van der Waals surface area (Å²) in [6.45, 7) is 7.82. The molecule has 0 radical (unpaired) electrons. The van der Waals surface area contributed by atoms with Gasteiger partial charge in [-0.2, -0.15) is 0 Å². The second kappa shape index (κ2) is 8.84. The van der Waals surface area contributed by atoms with Crippen LogP contribution in [0.5, 0.6) is 0 Å². The van der Waals surface area contributed by atoms with Gasteiger partial charge >= 0.3 is 5.97 Å². The predicted molar refractivity (Wildman–Crippen MR) is 101 cm³/mol. The van der Waals surface area contributed by atoms with Crippen molar-refractivity contribution in [3.05, 3.63) is 35.2 Å². The van der Waals surface area contributed by atoms with Crippen LogP contribution in [0, 0.1) is 13.8 Å². The van der Waals surface area contributed by atoms with Crippen LogP contribution in [0.15, 0.2) is 23.4 Å². The fourth-order valence-electron chi connectivity index (χ4n) is 2.39. The summed E-state index contributed by atoms with van der Waals surface area (Å²) in [5, 5.41) is 11.3. The molecule has 0 aliphatic rings. The number of ether oxygens (including phenoxy) is 1. The van der Waals surface area contributed by atoms with Crippen molar-refractivity contribution in [3.8, 4) is 0 Å². The lowest BCUT2D eigenvalue weighted by Crippen LogP contribution is -2.23. The minimum Gasteiger partial charge on any atom is -0.466 e. The van der Waals surface area contributed by atoms with Crippen LogP contribution in [0.25, 0.3) is 0 Å². The highest BCUT2D eigenvalue weighted by Crippen LogP contribution is 2.25. The van der Waals surface area contributed by atoms with Gasteiger partial charge in [0.1, 0.15) is 12.2 Å². The number of aromatic nitrogens is 3. The van der Waals surface area contributed by atoms with Gasteiger partial charge in [0.15, 0.2) is 5.16 Å². The molecular formula is C18H24N4O3S. The number of nitrogens with one attached hydrogen (secondary N) is 1. The van der Waals surface area contributed by atoms with Crippen LogP contribution < -0.4 is 5.32 Å². The summed E-state index contributed by atoms with van der Waals surface area (Å²) in [7, 11) is 1.77. The topological polar surface area (TPSA) is 86.1 Å². The number of aryl methyl sites for hydroxylation is 2. The second-order valence-corrected chi connectivity index (χ2v) is 7.26. The van der Waals surface area contributed by atoms with E-state index in [1.807, 2.05) is 39.0 Å². The van der Waals surface area contributed by atoms with Crippen LogP contribution in [0.4, 0.5) is 5.69 Å². The molecule has 0 unspecified atom stereocenters. The molecule has 0 aliphatic heterocycles. The first kappa shape index (κ1) is 20.0. The number of esters is 1. The molecule has 26 heavy (non-hydrogen) atoms. The Morgan fingerprint density at radius 1 is 1.27 bits per heavy atom. The summed E-state index contributed by atoms with van der Waals surface area (Å²) in [4.78, 5) is 24.1.